The van der Waals surface area contributed by atoms with E-state index in [4.69, 9.17) is 11.0 Å². The van der Waals surface area contributed by atoms with Gasteiger partial charge in [0.2, 0.25) is 0 Å². The van der Waals surface area contributed by atoms with Crippen LogP contribution in [0.5, 0.6) is 0 Å². The standard InChI is InChI=1S/C12H16BrN3/c1-2-16(7-3-6-14)9-10-4-5-11(13)12(15)8-10/h4-5,8H,2-3,7,9,15H2,1H3. The van der Waals surface area contributed by atoms with Gasteiger partial charge in [0.1, 0.15) is 0 Å². The van der Waals surface area contributed by atoms with Crippen molar-refractivity contribution in [1.82, 2.24) is 4.90 Å². The Morgan fingerprint density at radius 1 is 1.50 bits per heavy atom. The van der Waals surface area contributed by atoms with Crippen LogP contribution in [0.2, 0.25) is 0 Å². The fraction of sp³-hybridized carbons (Fsp3) is 0.417. The third-order valence-corrected chi connectivity index (χ3v) is 3.18. The Morgan fingerprint density at radius 2 is 2.25 bits per heavy atom. The molecule has 0 saturated carbocycles. The van der Waals surface area contributed by atoms with Gasteiger partial charge in [-0.05, 0) is 40.2 Å². The van der Waals surface area contributed by atoms with Crippen LogP contribution in [0.1, 0.15) is 18.9 Å². The summed E-state index contributed by atoms with van der Waals surface area (Å²) in [5.74, 6) is 0. The fourth-order valence-electron chi connectivity index (χ4n) is 1.51. The number of benzene rings is 1. The summed E-state index contributed by atoms with van der Waals surface area (Å²) in [6.45, 7) is 4.69. The zero-order valence-electron chi connectivity index (χ0n) is 9.41. The Balaban J connectivity index is 2.63. The fourth-order valence-corrected chi connectivity index (χ4v) is 1.75. The maximum Gasteiger partial charge on any atom is 0.0635 e. The Hall–Kier alpha value is -1.05. The van der Waals surface area contributed by atoms with Crippen molar-refractivity contribution in [3.8, 4) is 6.07 Å². The molecule has 0 aliphatic rings. The quantitative estimate of drug-likeness (QED) is 0.845. The second-order valence-electron chi connectivity index (χ2n) is 3.63. The van der Waals surface area contributed by atoms with E-state index in [0.717, 1.165) is 29.8 Å². The molecule has 0 saturated heterocycles. The van der Waals surface area contributed by atoms with Gasteiger partial charge in [-0.1, -0.05) is 13.0 Å². The van der Waals surface area contributed by atoms with E-state index in [1.807, 2.05) is 12.1 Å². The third kappa shape index (κ3) is 3.84. The molecule has 0 radical (unpaired) electrons. The smallest absolute Gasteiger partial charge is 0.0635 e. The van der Waals surface area contributed by atoms with Crippen molar-refractivity contribution in [2.75, 3.05) is 18.8 Å². The first-order valence-electron chi connectivity index (χ1n) is 5.30. The van der Waals surface area contributed by atoms with Crippen LogP contribution >= 0.6 is 15.9 Å². The minimum Gasteiger partial charge on any atom is -0.398 e. The van der Waals surface area contributed by atoms with Gasteiger partial charge in [0, 0.05) is 29.7 Å². The maximum atomic E-state index is 8.55. The molecule has 1 aromatic carbocycles. The summed E-state index contributed by atoms with van der Waals surface area (Å²) in [4.78, 5) is 2.23. The molecule has 4 heteroatoms. The van der Waals surface area contributed by atoms with Crippen LogP contribution in [0.15, 0.2) is 22.7 Å². The minimum absolute atomic E-state index is 0.569. The molecule has 0 aliphatic heterocycles. The Labute approximate surface area is 105 Å². The molecule has 0 bridgehead atoms. The minimum atomic E-state index is 0.569. The lowest BCUT2D eigenvalue weighted by Gasteiger charge is -2.19. The Morgan fingerprint density at radius 3 is 2.81 bits per heavy atom. The molecular formula is C12H16BrN3. The van der Waals surface area contributed by atoms with Gasteiger partial charge in [-0.2, -0.15) is 5.26 Å². The van der Waals surface area contributed by atoms with Gasteiger partial charge in [0.15, 0.2) is 0 Å². The number of nitriles is 1. The predicted molar refractivity (Wildman–Crippen MR) is 69.7 cm³/mol. The predicted octanol–water partition coefficient (Wildman–Crippen LogP) is 2.77. The molecule has 0 amide bonds. The van der Waals surface area contributed by atoms with E-state index in [1.54, 1.807) is 0 Å². The first-order chi connectivity index (χ1) is 7.67. The number of rotatable bonds is 5. The van der Waals surface area contributed by atoms with Crippen molar-refractivity contribution in [3.05, 3.63) is 28.2 Å². The number of nitrogen functional groups attached to an aromatic ring is 1. The molecule has 0 heterocycles. The lowest BCUT2D eigenvalue weighted by atomic mass is 10.2. The molecule has 0 atom stereocenters. The summed E-state index contributed by atoms with van der Waals surface area (Å²) in [5.41, 5.74) is 7.76. The van der Waals surface area contributed by atoms with E-state index in [9.17, 15) is 0 Å². The van der Waals surface area contributed by atoms with E-state index in [2.05, 4.69) is 39.9 Å². The lowest BCUT2D eigenvalue weighted by molar-refractivity contribution is 0.287. The number of hydrogen-bond donors (Lipinski definition) is 1. The molecule has 1 aromatic rings. The number of anilines is 1. The first-order valence-corrected chi connectivity index (χ1v) is 6.10. The molecule has 16 heavy (non-hydrogen) atoms. The van der Waals surface area contributed by atoms with Gasteiger partial charge < -0.3 is 5.73 Å². The van der Waals surface area contributed by atoms with Crippen LogP contribution in [-0.4, -0.2) is 18.0 Å². The SMILES string of the molecule is CCN(CCC#N)Cc1ccc(Br)c(N)c1. The van der Waals surface area contributed by atoms with Crippen LogP contribution in [0.3, 0.4) is 0 Å². The molecule has 1 rings (SSSR count). The summed E-state index contributed by atoms with van der Waals surface area (Å²) in [5, 5.41) is 8.55. The van der Waals surface area contributed by atoms with Crippen molar-refractivity contribution in [3.63, 3.8) is 0 Å². The van der Waals surface area contributed by atoms with Gasteiger partial charge >= 0.3 is 0 Å². The van der Waals surface area contributed by atoms with Gasteiger partial charge in [-0.15, -0.1) is 0 Å². The molecule has 0 aliphatic carbocycles. The largest absolute Gasteiger partial charge is 0.398 e. The Kier molecular flexibility index (Phi) is 5.30. The lowest BCUT2D eigenvalue weighted by Crippen LogP contribution is -2.23. The van der Waals surface area contributed by atoms with Crippen molar-refractivity contribution >= 4 is 21.6 Å². The second-order valence-corrected chi connectivity index (χ2v) is 4.49. The third-order valence-electron chi connectivity index (χ3n) is 2.45. The molecule has 3 nitrogen and oxygen atoms in total. The number of halogens is 1. The highest BCUT2D eigenvalue weighted by molar-refractivity contribution is 9.10. The van der Waals surface area contributed by atoms with E-state index in [1.165, 1.54) is 5.56 Å². The monoisotopic (exact) mass is 281 g/mol. The van der Waals surface area contributed by atoms with Gasteiger partial charge in [0.25, 0.3) is 0 Å². The first kappa shape index (κ1) is 13.0. The van der Waals surface area contributed by atoms with Crippen molar-refractivity contribution in [2.24, 2.45) is 0 Å². The van der Waals surface area contributed by atoms with Gasteiger partial charge in [-0.3, -0.25) is 4.90 Å². The average Bonchev–Trinajstić information content (AvgIpc) is 2.29. The van der Waals surface area contributed by atoms with Crippen LogP contribution < -0.4 is 5.73 Å². The maximum absolute atomic E-state index is 8.55. The zero-order chi connectivity index (χ0) is 12.0. The van der Waals surface area contributed by atoms with Crippen LogP contribution in [0.25, 0.3) is 0 Å². The Bertz CT molecular complexity index is 384. The van der Waals surface area contributed by atoms with Crippen LogP contribution in [-0.2, 0) is 6.54 Å². The highest BCUT2D eigenvalue weighted by Gasteiger charge is 2.04. The molecule has 0 unspecified atom stereocenters. The molecule has 86 valence electrons. The summed E-state index contributed by atoms with van der Waals surface area (Å²) in [6.07, 6.45) is 0.569. The highest BCUT2D eigenvalue weighted by atomic mass is 79.9. The topological polar surface area (TPSA) is 53.0 Å². The molecule has 0 spiro atoms. The normalized spacial score (nSPS) is 10.4. The van der Waals surface area contributed by atoms with Crippen LogP contribution in [0, 0.1) is 11.3 Å². The number of hydrogen-bond acceptors (Lipinski definition) is 3. The van der Waals surface area contributed by atoms with E-state index in [0.29, 0.717) is 6.42 Å². The average molecular weight is 282 g/mol. The summed E-state index contributed by atoms with van der Waals surface area (Å²) in [6, 6.07) is 8.15. The molecule has 0 fully saturated rings. The molecular weight excluding hydrogens is 266 g/mol. The highest BCUT2D eigenvalue weighted by Crippen LogP contribution is 2.20. The summed E-state index contributed by atoms with van der Waals surface area (Å²) < 4.78 is 0.927. The van der Waals surface area contributed by atoms with Gasteiger partial charge in [0.05, 0.1) is 6.07 Å². The summed E-state index contributed by atoms with van der Waals surface area (Å²) >= 11 is 3.37. The molecule has 0 aromatic heterocycles. The number of nitrogens with zero attached hydrogens (tertiary/aromatic N) is 2. The van der Waals surface area contributed by atoms with E-state index < -0.39 is 0 Å². The van der Waals surface area contributed by atoms with Gasteiger partial charge in [-0.25, -0.2) is 0 Å². The van der Waals surface area contributed by atoms with Crippen molar-refractivity contribution in [2.45, 2.75) is 19.9 Å². The number of nitrogens with two attached hydrogens (primary N) is 1. The van der Waals surface area contributed by atoms with Crippen molar-refractivity contribution in [1.29, 1.82) is 5.26 Å². The zero-order valence-corrected chi connectivity index (χ0v) is 11.0. The van der Waals surface area contributed by atoms with E-state index >= 15 is 0 Å². The molecule has 2 N–H and O–H groups in total. The van der Waals surface area contributed by atoms with Crippen LogP contribution in [0.4, 0.5) is 5.69 Å². The van der Waals surface area contributed by atoms with E-state index in [-0.39, 0.29) is 0 Å². The summed E-state index contributed by atoms with van der Waals surface area (Å²) in [7, 11) is 0. The van der Waals surface area contributed by atoms with Crippen molar-refractivity contribution < 1.29 is 0 Å². The second kappa shape index (κ2) is 6.51.